The van der Waals surface area contributed by atoms with Crippen molar-refractivity contribution in [2.45, 2.75) is 33.8 Å². The van der Waals surface area contributed by atoms with Gasteiger partial charge in [0.1, 0.15) is 0 Å². The quantitative estimate of drug-likeness (QED) is 0.636. The standard InChI is InChI=1S/C8H16O3/c1-5(9)6(7(10)11)8(2,3)4/h5-6,9H,1-4H3,(H,10,11). The largest absolute Gasteiger partial charge is 0.481 e. The predicted molar refractivity (Wildman–Crippen MR) is 42.3 cm³/mol. The van der Waals surface area contributed by atoms with E-state index < -0.39 is 18.0 Å². The highest BCUT2D eigenvalue weighted by molar-refractivity contribution is 5.71. The predicted octanol–water partition coefficient (Wildman–Crippen LogP) is 1.11. The van der Waals surface area contributed by atoms with Gasteiger partial charge in [-0.05, 0) is 12.3 Å². The van der Waals surface area contributed by atoms with Gasteiger partial charge in [-0.15, -0.1) is 0 Å². The van der Waals surface area contributed by atoms with Gasteiger partial charge in [-0.3, -0.25) is 4.79 Å². The Bertz CT molecular complexity index is 144. The summed E-state index contributed by atoms with van der Waals surface area (Å²) in [4.78, 5) is 10.6. The molecule has 66 valence electrons. The lowest BCUT2D eigenvalue weighted by Gasteiger charge is -2.28. The van der Waals surface area contributed by atoms with Crippen LogP contribution < -0.4 is 0 Å². The number of carboxylic acids is 1. The molecule has 0 rings (SSSR count). The maximum absolute atomic E-state index is 10.6. The summed E-state index contributed by atoms with van der Waals surface area (Å²) in [6, 6.07) is 0. The van der Waals surface area contributed by atoms with E-state index in [2.05, 4.69) is 0 Å². The number of aliphatic hydroxyl groups excluding tert-OH is 1. The zero-order chi connectivity index (χ0) is 9.23. The molecule has 0 heterocycles. The van der Waals surface area contributed by atoms with Crippen molar-refractivity contribution >= 4 is 5.97 Å². The van der Waals surface area contributed by atoms with Crippen molar-refractivity contribution < 1.29 is 15.0 Å². The minimum Gasteiger partial charge on any atom is -0.481 e. The van der Waals surface area contributed by atoms with Crippen LogP contribution in [0.4, 0.5) is 0 Å². The van der Waals surface area contributed by atoms with Crippen LogP contribution >= 0.6 is 0 Å². The second kappa shape index (κ2) is 3.22. The van der Waals surface area contributed by atoms with Crippen molar-refractivity contribution in [2.24, 2.45) is 11.3 Å². The van der Waals surface area contributed by atoms with Crippen molar-refractivity contribution in [3.8, 4) is 0 Å². The lowest BCUT2D eigenvalue weighted by molar-refractivity contribution is -0.150. The maximum atomic E-state index is 10.6. The molecule has 3 nitrogen and oxygen atoms in total. The van der Waals surface area contributed by atoms with E-state index in [4.69, 9.17) is 10.2 Å². The van der Waals surface area contributed by atoms with Crippen LogP contribution in [0, 0.1) is 11.3 Å². The molecule has 0 aliphatic rings. The highest BCUT2D eigenvalue weighted by Crippen LogP contribution is 2.28. The first-order valence-electron chi connectivity index (χ1n) is 3.67. The average molecular weight is 160 g/mol. The van der Waals surface area contributed by atoms with Crippen molar-refractivity contribution in [3.05, 3.63) is 0 Å². The fraction of sp³-hybridized carbons (Fsp3) is 0.875. The van der Waals surface area contributed by atoms with Crippen LogP contribution in [-0.4, -0.2) is 22.3 Å². The van der Waals surface area contributed by atoms with Gasteiger partial charge in [0.05, 0.1) is 12.0 Å². The first kappa shape index (κ1) is 10.4. The molecule has 0 aromatic carbocycles. The summed E-state index contributed by atoms with van der Waals surface area (Å²) in [5, 5.41) is 17.9. The van der Waals surface area contributed by atoms with Gasteiger partial charge in [-0.25, -0.2) is 0 Å². The van der Waals surface area contributed by atoms with Crippen LogP contribution in [0.15, 0.2) is 0 Å². The summed E-state index contributed by atoms with van der Waals surface area (Å²) < 4.78 is 0. The van der Waals surface area contributed by atoms with Gasteiger partial charge in [-0.2, -0.15) is 0 Å². The van der Waals surface area contributed by atoms with E-state index in [-0.39, 0.29) is 5.41 Å². The van der Waals surface area contributed by atoms with Gasteiger partial charge in [-0.1, -0.05) is 20.8 Å². The number of hydrogen-bond acceptors (Lipinski definition) is 2. The highest BCUT2D eigenvalue weighted by atomic mass is 16.4. The number of carbonyl (C=O) groups is 1. The Labute approximate surface area is 67.0 Å². The second-order valence-corrected chi connectivity index (χ2v) is 3.92. The van der Waals surface area contributed by atoms with Gasteiger partial charge in [0, 0.05) is 0 Å². The molecule has 0 saturated carbocycles. The molecule has 2 N–H and O–H groups in total. The van der Waals surface area contributed by atoms with Crippen LogP contribution in [0.3, 0.4) is 0 Å². The monoisotopic (exact) mass is 160 g/mol. The van der Waals surface area contributed by atoms with Gasteiger partial charge in [0.15, 0.2) is 0 Å². The third kappa shape index (κ3) is 2.89. The van der Waals surface area contributed by atoms with E-state index in [1.54, 1.807) is 20.8 Å². The lowest BCUT2D eigenvalue weighted by atomic mass is 9.78. The number of aliphatic carboxylic acids is 1. The van der Waals surface area contributed by atoms with Gasteiger partial charge in [0.2, 0.25) is 0 Å². The van der Waals surface area contributed by atoms with E-state index in [9.17, 15) is 4.79 Å². The van der Waals surface area contributed by atoms with Crippen LogP contribution in [-0.2, 0) is 4.79 Å². The van der Waals surface area contributed by atoms with Gasteiger partial charge >= 0.3 is 5.97 Å². The van der Waals surface area contributed by atoms with Gasteiger partial charge < -0.3 is 10.2 Å². The molecule has 2 atom stereocenters. The molecular weight excluding hydrogens is 144 g/mol. The molecule has 3 heteroatoms. The molecule has 0 amide bonds. The van der Waals surface area contributed by atoms with Crippen LogP contribution in [0.1, 0.15) is 27.7 Å². The van der Waals surface area contributed by atoms with E-state index >= 15 is 0 Å². The Kier molecular flexibility index (Phi) is 3.05. The fourth-order valence-electron chi connectivity index (χ4n) is 1.30. The normalized spacial score (nSPS) is 17.5. The molecular formula is C8H16O3. The van der Waals surface area contributed by atoms with Crippen molar-refractivity contribution in [1.29, 1.82) is 0 Å². The van der Waals surface area contributed by atoms with E-state index in [1.165, 1.54) is 6.92 Å². The zero-order valence-electron chi connectivity index (χ0n) is 7.46. The fourth-order valence-corrected chi connectivity index (χ4v) is 1.30. The van der Waals surface area contributed by atoms with Crippen molar-refractivity contribution in [1.82, 2.24) is 0 Å². The SMILES string of the molecule is CC(O)C(C(=O)O)C(C)(C)C. The summed E-state index contributed by atoms with van der Waals surface area (Å²) in [6.07, 6.45) is -0.799. The Morgan fingerprint density at radius 2 is 1.73 bits per heavy atom. The molecule has 0 aromatic rings. The molecule has 0 spiro atoms. The molecule has 0 fully saturated rings. The first-order valence-corrected chi connectivity index (χ1v) is 3.67. The van der Waals surface area contributed by atoms with Crippen LogP contribution in [0.5, 0.6) is 0 Å². The summed E-state index contributed by atoms with van der Waals surface area (Å²) in [7, 11) is 0. The number of hydrogen-bond donors (Lipinski definition) is 2. The summed E-state index contributed by atoms with van der Waals surface area (Å²) in [5.41, 5.74) is -0.389. The molecule has 2 unspecified atom stereocenters. The Morgan fingerprint density at radius 1 is 1.36 bits per heavy atom. The topological polar surface area (TPSA) is 57.5 Å². The van der Waals surface area contributed by atoms with Crippen LogP contribution in [0.2, 0.25) is 0 Å². The van der Waals surface area contributed by atoms with Gasteiger partial charge in [0.25, 0.3) is 0 Å². The molecule has 0 aliphatic carbocycles. The maximum Gasteiger partial charge on any atom is 0.309 e. The van der Waals surface area contributed by atoms with Crippen molar-refractivity contribution in [3.63, 3.8) is 0 Å². The smallest absolute Gasteiger partial charge is 0.309 e. The highest BCUT2D eigenvalue weighted by Gasteiger charge is 2.34. The summed E-state index contributed by atoms with van der Waals surface area (Å²) in [5.74, 6) is -1.63. The molecule has 0 aliphatic heterocycles. The molecule has 0 bridgehead atoms. The third-order valence-corrected chi connectivity index (χ3v) is 1.68. The van der Waals surface area contributed by atoms with E-state index in [0.29, 0.717) is 0 Å². The third-order valence-electron chi connectivity index (χ3n) is 1.68. The second-order valence-electron chi connectivity index (χ2n) is 3.92. The number of rotatable bonds is 2. The van der Waals surface area contributed by atoms with Crippen LogP contribution in [0.25, 0.3) is 0 Å². The Morgan fingerprint density at radius 3 is 1.73 bits per heavy atom. The summed E-state index contributed by atoms with van der Waals surface area (Å²) in [6.45, 7) is 6.92. The summed E-state index contributed by atoms with van der Waals surface area (Å²) >= 11 is 0. The molecule has 0 aromatic heterocycles. The number of aliphatic hydroxyl groups is 1. The average Bonchev–Trinajstić information content (AvgIpc) is 1.54. The first-order chi connectivity index (χ1) is 4.76. The molecule has 0 saturated heterocycles. The van der Waals surface area contributed by atoms with E-state index in [1.807, 2.05) is 0 Å². The number of carboxylic acid groups (broad SMARTS) is 1. The Hall–Kier alpha value is -0.570. The minimum absolute atomic E-state index is 0.389. The lowest BCUT2D eigenvalue weighted by Crippen LogP contribution is -2.36. The molecule has 11 heavy (non-hydrogen) atoms. The minimum atomic E-state index is -0.938. The Balaban J connectivity index is 4.49. The molecule has 0 radical (unpaired) electrons. The van der Waals surface area contributed by atoms with Crippen molar-refractivity contribution in [2.75, 3.05) is 0 Å². The zero-order valence-corrected chi connectivity index (χ0v) is 7.46. The van der Waals surface area contributed by atoms with E-state index in [0.717, 1.165) is 0 Å².